The first kappa shape index (κ1) is 14.0. The van der Waals surface area contributed by atoms with E-state index in [9.17, 15) is 4.79 Å². The minimum Gasteiger partial charge on any atom is -0.378 e. The summed E-state index contributed by atoms with van der Waals surface area (Å²) >= 11 is 2.00. The largest absolute Gasteiger partial charge is 0.378 e. The van der Waals surface area contributed by atoms with E-state index in [0.29, 0.717) is 28.1 Å². The molecule has 1 aliphatic rings. The van der Waals surface area contributed by atoms with E-state index in [1.165, 1.54) is 6.42 Å². The van der Waals surface area contributed by atoms with E-state index in [1.54, 1.807) is 7.11 Å². The molecular weight excluding hydrogens is 347 g/mol. The molecule has 18 heavy (non-hydrogen) atoms. The summed E-state index contributed by atoms with van der Waals surface area (Å²) < 4.78 is 11.3. The Kier molecular flexibility index (Phi) is 5.13. The molecule has 1 aliphatic heterocycles. The van der Waals surface area contributed by atoms with Gasteiger partial charge in [0.2, 0.25) is 0 Å². The van der Waals surface area contributed by atoms with Gasteiger partial charge in [-0.1, -0.05) is 0 Å². The molecule has 1 N–H and O–H groups in total. The molecule has 0 radical (unpaired) electrons. The molecule has 0 aliphatic carbocycles. The average Bonchev–Trinajstić information content (AvgIpc) is 2.37. The summed E-state index contributed by atoms with van der Waals surface area (Å²) in [5, 5.41) is 0. The van der Waals surface area contributed by atoms with E-state index in [2.05, 4.69) is 9.97 Å². The Hall–Kier alpha value is -0.470. The predicted molar refractivity (Wildman–Crippen MR) is 75.6 cm³/mol. The molecule has 0 aromatic carbocycles. The maximum atomic E-state index is 11.8. The third-order valence-corrected chi connectivity index (χ3v) is 4.07. The Bertz CT molecular complexity index is 455. The van der Waals surface area contributed by atoms with Crippen molar-refractivity contribution in [3.63, 3.8) is 0 Å². The van der Waals surface area contributed by atoms with E-state index >= 15 is 0 Å². The lowest BCUT2D eigenvalue weighted by molar-refractivity contribution is 0.0155. The number of hydrogen-bond acceptors (Lipinski definition) is 4. The molecule has 2 heterocycles. The van der Waals surface area contributed by atoms with Crippen LogP contribution in [0.4, 0.5) is 0 Å². The van der Waals surface area contributed by atoms with Gasteiger partial charge in [-0.05, 0) is 41.9 Å². The van der Waals surface area contributed by atoms with Gasteiger partial charge >= 0.3 is 0 Å². The molecule has 1 saturated heterocycles. The Labute approximate surface area is 119 Å². The molecule has 100 valence electrons. The maximum Gasteiger partial charge on any atom is 0.264 e. The number of methoxy groups -OCH3 is 1. The van der Waals surface area contributed by atoms with E-state index in [1.807, 2.05) is 22.6 Å². The van der Waals surface area contributed by atoms with Crippen LogP contribution in [0.15, 0.2) is 4.79 Å². The number of aromatic amines is 1. The van der Waals surface area contributed by atoms with Gasteiger partial charge in [0.25, 0.3) is 5.56 Å². The zero-order valence-corrected chi connectivity index (χ0v) is 12.5. The number of nitrogens with one attached hydrogen (secondary N) is 1. The zero-order valence-electron chi connectivity index (χ0n) is 10.4. The Morgan fingerprint density at radius 3 is 3.06 bits per heavy atom. The fourth-order valence-electron chi connectivity index (χ4n) is 2.07. The van der Waals surface area contributed by atoms with Crippen molar-refractivity contribution < 1.29 is 9.47 Å². The van der Waals surface area contributed by atoms with E-state index in [0.717, 1.165) is 19.4 Å². The van der Waals surface area contributed by atoms with Crippen molar-refractivity contribution in [2.45, 2.75) is 38.4 Å². The van der Waals surface area contributed by atoms with Crippen molar-refractivity contribution in [2.75, 3.05) is 13.7 Å². The van der Waals surface area contributed by atoms with Crippen LogP contribution < -0.4 is 5.56 Å². The fourth-order valence-corrected chi connectivity index (χ4v) is 2.48. The highest BCUT2D eigenvalue weighted by molar-refractivity contribution is 14.1. The predicted octanol–water partition coefficient (Wildman–Crippen LogP) is 1.63. The molecule has 0 saturated carbocycles. The minimum absolute atomic E-state index is 0.0940. The smallest absolute Gasteiger partial charge is 0.264 e. The molecule has 0 amide bonds. The second-order valence-electron chi connectivity index (χ2n) is 4.40. The standard InChI is InChI=1S/C12H17IN2O3/c1-17-7-9-11(13)12(16)15-10(14-9)6-8-4-2-3-5-18-8/h8H,2-7H2,1H3,(H,14,15,16). The summed E-state index contributed by atoms with van der Waals surface area (Å²) in [6.45, 7) is 1.17. The molecule has 1 unspecified atom stereocenters. The molecule has 0 bridgehead atoms. The van der Waals surface area contributed by atoms with Crippen LogP contribution in [0.25, 0.3) is 0 Å². The Morgan fingerprint density at radius 2 is 2.39 bits per heavy atom. The van der Waals surface area contributed by atoms with Gasteiger partial charge in [-0.2, -0.15) is 0 Å². The molecule has 0 spiro atoms. The number of aromatic nitrogens is 2. The van der Waals surface area contributed by atoms with Crippen molar-refractivity contribution in [3.8, 4) is 0 Å². The summed E-state index contributed by atoms with van der Waals surface area (Å²) in [7, 11) is 1.60. The van der Waals surface area contributed by atoms with E-state index < -0.39 is 0 Å². The third kappa shape index (κ3) is 3.52. The molecule has 1 atom stereocenters. The SMILES string of the molecule is COCc1nc(CC2CCCCO2)[nH]c(=O)c1I. The highest BCUT2D eigenvalue weighted by Crippen LogP contribution is 2.16. The van der Waals surface area contributed by atoms with Gasteiger partial charge in [0.1, 0.15) is 9.39 Å². The van der Waals surface area contributed by atoms with Crippen molar-refractivity contribution in [1.29, 1.82) is 0 Å². The second kappa shape index (κ2) is 6.63. The Morgan fingerprint density at radius 1 is 1.56 bits per heavy atom. The summed E-state index contributed by atoms with van der Waals surface area (Å²) in [6.07, 6.45) is 4.20. The van der Waals surface area contributed by atoms with Gasteiger partial charge in [0, 0.05) is 20.1 Å². The van der Waals surface area contributed by atoms with Crippen LogP contribution in [0, 0.1) is 3.57 Å². The van der Waals surface area contributed by atoms with Crippen LogP contribution in [0.5, 0.6) is 0 Å². The molecule has 6 heteroatoms. The van der Waals surface area contributed by atoms with Crippen molar-refractivity contribution in [3.05, 3.63) is 25.4 Å². The van der Waals surface area contributed by atoms with Crippen LogP contribution in [0.2, 0.25) is 0 Å². The lowest BCUT2D eigenvalue weighted by Crippen LogP contribution is -2.25. The number of rotatable bonds is 4. The number of hydrogen-bond donors (Lipinski definition) is 1. The van der Waals surface area contributed by atoms with Crippen LogP contribution in [0.1, 0.15) is 30.8 Å². The zero-order chi connectivity index (χ0) is 13.0. The monoisotopic (exact) mass is 364 g/mol. The second-order valence-corrected chi connectivity index (χ2v) is 5.48. The quantitative estimate of drug-likeness (QED) is 0.825. The van der Waals surface area contributed by atoms with E-state index in [4.69, 9.17) is 9.47 Å². The number of ether oxygens (including phenoxy) is 2. The molecule has 1 aromatic heterocycles. The lowest BCUT2D eigenvalue weighted by Gasteiger charge is -2.22. The first-order valence-electron chi connectivity index (χ1n) is 6.09. The highest BCUT2D eigenvalue weighted by atomic mass is 127. The minimum atomic E-state index is -0.0940. The van der Waals surface area contributed by atoms with Gasteiger partial charge in [-0.3, -0.25) is 4.79 Å². The van der Waals surface area contributed by atoms with Crippen molar-refractivity contribution in [1.82, 2.24) is 9.97 Å². The molecular formula is C12H17IN2O3. The maximum absolute atomic E-state index is 11.8. The van der Waals surface area contributed by atoms with Crippen LogP contribution >= 0.6 is 22.6 Å². The van der Waals surface area contributed by atoms with Gasteiger partial charge < -0.3 is 14.5 Å². The van der Waals surface area contributed by atoms with Gasteiger partial charge in [0.15, 0.2) is 0 Å². The molecule has 1 aromatic rings. The molecule has 1 fully saturated rings. The van der Waals surface area contributed by atoms with Gasteiger partial charge in [-0.25, -0.2) is 4.98 Å². The van der Waals surface area contributed by atoms with Crippen LogP contribution in [-0.4, -0.2) is 29.8 Å². The van der Waals surface area contributed by atoms with Crippen LogP contribution in [-0.2, 0) is 22.5 Å². The topological polar surface area (TPSA) is 64.2 Å². The third-order valence-electron chi connectivity index (χ3n) is 2.96. The van der Waals surface area contributed by atoms with Gasteiger partial charge in [0.05, 0.1) is 18.4 Å². The van der Waals surface area contributed by atoms with E-state index in [-0.39, 0.29) is 11.7 Å². The van der Waals surface area contributed by atoms with Crippen molar-refractivity contribution >= 4 is 22.6 Å². The first-order valence-corrected chi connectivity index (χ1v) is 7.16. The summed E-state index contributed by atoms with van der Waals surface area (Å²) in [5.41, 5.74) is 0.608. The number of H-pyrrole nitrogens is 1. The molecule has 5 nitrogen and oxygen atoms in total. The fraction of sp³-hybridized carbons (Fsp3) is 0.667. The summed E-state index contributed by atoms with van der Waals surface area (Å²) in [4.78, 5) is 19.0. The summed E-state index contributed by atoms with van der Waals surface area (Å²) in [6, 6.07) is 0. The normalized spacial score (nSPS) is 20.0. The Balaban J connectivity index is 2.14. The lowest BCUT2D eigenvalue weighted by atomic mass is 10.1. The number of halogens is 1. The summed E-state index contributed by atoms with van der Waals surface area (Å²) in [5.74, 6) is 0.694. The number of nitrogens with zero attached hydrogens (tertiary/aromatic N) is 1. The van der Waals surface area contributed by atoms with Gasteiger partial charge in [-0.15, -0.1) is 0 Å². The van der Waals surface area contributed by atoms with Crippen LogP contribution in [0.3, 0.4) is 0 Å². The first-order chi connectivity index (χ1) is 8.70. The molecule has 2 rings (SSSR count). The highest BCUT2D eigenvalue weighted by Gasteiger charge is 2.17. The average molecular weight is 364 g/mol. The van der Waals surface area contributed by atoms with Crippen molar-refractivity contribution in [2.24, 2.45) is 0 Å².